The number of ether oxygens (including phenoxy) is 1. The van der Waals surface area contributed by atoms with E-state index >= 15 is 0 Å². The molecule has 1 saturated heterocycles. The van der Waals surface area contributed by atoms with Crippen molar-refractivity contribution in [3.8, 4) is 0 Å². The van der Waals surface area contributed by atoms with Gasteiger partial charge in [-0.3, -0.25) is 4.98 Å². The van der Waals surface area contributed by atoms with Gasteiger partial charge in [-0.2, -0.15) is 0 Å². The number of hydrogen-bond donors (Lipinski definition) is 1. The van der Waals surface area contributed by atoms with Gasteiger partial charge in [0.15, 0.2) is 0 Å². The van der Waals surface area contributed by atoms with Gasteiger partial charge in [-0.25, -0.2) is 0 Å². The monoisotopic (exact) mass is 208 g/mol. The van der Waals surface area contributed by atoms with Gasteiger partial charge in [0.2, 0.25) is 0 Å². The summed E-state index contributed by atoms with van der Waals surface area (Å²) in [5.41, 5.74) is 1.97. The van der Waals surface area contributed by atoms with Gasteiger partial charge < -0.3 is 14.7 Å². The summed E-state index contributed by atoms with van der Waals surface area (Å²) in [7, 11) is 0. The molecule has 2 heterocycles. The lowest BCUT2D eigenvalue weighted by Crippen LogP contribution is -2.27. The van der Waals surface area contributed by atoms with E-state index in [0.717, 1.165) is 44.0 Å². The minimum atomic E-state index is 0.0422. The number of aliphatic hydroxyl groups is 1. The fourth-order valence-electron chi connectivity index (χ4n) is 1.84. The fourth-order valence-corrected chi connectivity index (χ4v) is 1.84. The standard InChI is InChI=1S/C11H16N2O2/c14-9-10-8-12-3-2-11(10)13-4-1-6-15-7-5-13/h2-3,8,14H,1,4-7,9H2. The Morgan fingerprint density at radius 2 is 2.33 bits per heavy atom. The van der Waals surface area contributed by atoms with Crippen molar-refractivity contribution in [3.05, 3.63) is 24.0 Å². The van der Waals surface area contributed by atoms with Crippen LogP contribution in [0.5, 0.6) is 0 Å². The van der Waals surface area contributed by atoms with Gasteiger partial charge in [0.1, 0.15) is 0 Å². The molecule has 4 nitrogen and oxygen atoms in total. The second-order valence-corrected chi connectivity index (χ2v) is 3.62. The van der Waals surface area contributed by atoms with Crippen molar-refractivity contribution in [1.29, 1.82) is 0 Å². The van der Waals surface area contributed by atoms with Crippen LogP contribution < -0.4 is 4.90 Å². The highest BCUT2D eigenvalue weighted by Crippen LogP contribution is 2.20. The van der Waals surface area contributed by atoms with Gasteiger partial charge in [0.05, 0.1) is 13.2 Å². The summed E-state index contributed by atoms with van der Waals surface area (Å²) in [6.07, 6.45) is 4.52. The summed E-state index contributed by atoms with van der Waals surface area (Å²) < 4.78 is 5.40. The van der Waals surface area contributed by atoms with Crippen LogP contribution in [0.15, 0.2) is 18.5 Å². The van der Waals surface area contributed by atoms with Crippen LogP contribution in [0.3, 0.4) is 0 Å². The number of pyridine rings is 1. The summed E-state index contributed by atoms with van der Waals surface area (Å²) in [6.45, 7) is 3.50. The molecule has 2 rings (SSSR count). The van der Waals surface area contributed by atoms with Crippen molar-refractivity contribution in [2.75, 3.05) is 31.2 Å². The van der Waals surface area contributed by atoms with Gasteiger partial charge in [-0.05, 0) is 12.5 Å². The zero-order chi connectivity index (χ0) is 10.5. The zero-order valence-electron chi connectivity index (χ0n) is 8.72. The van der Waals surface area contributed by atoms with Crippen LogP contribution in [0, 0.1) is 0 Å². The summed E-state index contributed by atoms with van der Waals surface area (Å²) in [6, 6.07) is 1.96. The molecule has 82 valence electrons. The van der Waals surface area contributed by atoms with Crippen LogP contribution in [0.25, 0.3) is 0 Å². The zero-order valence-corrected chi connectivity index (χ0v) is 8.72. The van der Waals surface area contributed by atoms with E-state index in [2.05, 4.69) is 9.88 Å². The van der Waals surface area contributed by atoms with E-state index < -0.39 is 0 Å². The SMILES string of the molecule is OCc1cnccc1N1CCCOCC1. The highest BCUT2D eigenvalue weighted by molar-refractivity contribution is 5.52. The lowest BCUT2D eigenvalue weighted by Gasteiger charge is -2.23. The van der Waals surface area contributed by atoms with E-state index in [1.54, 1.807) is 12.4 Å². The molecular weight excluding hydrogens is 192 g/mol. The molecule has 1 aromatic rings. The van der Waals surface area contributed by atoms with E-state index in [9.17, 15) is 5.11 Å². The number of aromatic nitrogens is 1. The molecule has 1 aliphatic rings. The van der Waals surface area contributed by atoms with Crippen LogP contribution in [-0.2, 0) is 11.3 Å². The van der Waals surface area contributed by atoms with E-state index in [1.807, 2.05) is 6.07 Å². The molecule has 4 heteroatoms. The Kier molecular flexibility index (Phi) is 3.53. The van der Waals surface area contributed by atoms with Gasteiger partial charge >= 0.3 is 0 Å². The molecule has 1 fully saturated rings. The summed E-state index contributed by atoms with van der Waals surface area (Å²) in [5, 5.41) is 9.22. The van der Waals surface area contributed by atoms with E-state index in [0.29, 0.717) is 0 Å². The average molecular weight is 208 g/mol. The molecule has 15 heavy (non-hydrogen) atoms. The van der Waals surface area contributed by atoms with Crippen LogP contribution in [-0.4, -0.2) is 36.4 Å². The molecule has 0 saturated carbocycles. The molecule has 1 aliphatic heterocycles. The third kappa shape index (κ3) is 2.46. The predicted octanol–water partition coefficient (Wildman–Crippen LogP) is 0.801. The highest BCUT2D eigenvalue weighted by Gasteiger charge is 2.12. The van der Waals surface area contributed by atoms with Crippen molar-refractivity contribution < 1.29 is 9.84 Å². The van der Waals surface area contributed by atoms with Crippen molar-refractivity contribution in [1.82, 2.24) is 4.98 Å². The Morgan fingerprint density at radius 3 is 3.20 bits per heavy atom. The van der Waals surface area contributed by atoms with Crippen molar-refractivity contribution >= 4 is 5.69 Å². The molecule has 0 aliphatic carbocycles. The Hall–Kier alpha value is -1.13. The molecule has 0 atom stereocenters. The smallest absolute Gasteiger partial charge is 0.0717 e. The predicted molar refractivity (Wildman–Crippen MR) is 57.8 cm³/mol. The van der Waals surface area contributed by atoms with Crippen LogP contribution >= 0.6 is 0 Å². The number of hydrogen-bond acceptors (Lipinski definition) is 4. The van der Waals surface area contributed by atoms with Crippen LogP contribution in [0.4, 0.5) is 5.69 Å². The molecule has 1 N–H and O–H groups in total. The third-order valence-corrected chi connectivity index (χ3v) is 2.61. The normalized spacial score (nSPS) is 17.5. The summed E-state index contributed by atoms with van der Waals surface area (Å²) in [5.74, 6) is 0. The minimum Gasteiger partial charge on any atom is -0.392 e. The van der Waals surface area contributed by atoms with Crippen LogP contribution in [0.1, 0.15) is 12.0 Å². The molecule has 1 aromatic heterocycles. The first-order valence-corrected chi connectivity index (χ1v) is 5.28. The summed E-state index contributed by atoms with van der Waals surface area (Å²) >= 11 is 0. The van der Waals surface area contributed by atoms with Crippen molar-refractivity contribution in [3.63, 3.8) is 0 Å². The van der Waals surface area contributed by atoms with E-state index in [4.69, 9.17) is 4.74 Å². The Bertz CT molecular complexity index is 309. The van der Waals surface area contributed by atoms with Crippen molar-refractivity contribution in [2.24, 2.45) is 0 Å². The molecule has 0 bridgehead atoms. The first-order chi connectivity index (χ1) is 7.42. The summed E-state index contributed by atoms with van der Waals surface area (Å²) in [4.78, 5) is 6.27. The molecule has 0 amide bonds. The fraction of sp³-hybridized carbons (Fsp3) is 0.545. The van der Waals surface area contributed by atoms with Gasteiger partial charge in [0.25, 0.3) is 0 Å². The third-order valence-electron chi connectivity index (χ3n) is 2.61. The second kappa shape index (κ2) is 5.09. The van der Waals surface area contributed by atoms with Gasteiger partial charge in [0, 0.05) is 43.3 Å². The molecule has 0 aromatic carbocycles. The van der Waals surface area contributed by atoms with Crippen molar-refractivity contribution in [2.45, 2.75) is 13.0 Å². The number of anilines is 1. The van der Waals surface area contributed by atoms with Gasteiger partial charge in [-0.1, -0.05) is 0 Å². The first-order valence-electron chi connectivity index (χ1n) is 5.28. The Balaban J connectivity index is 2.18. The molecule has 0 spiro atoms. The Labute approximate surface area is 89.5 Å². The maximum Gasteiger partial charge on any atom is 0.0717 e. The number of rotatable bonds is 2. The lowest BCUT2D eigenvalue weighted by atomic mass is 10.2. The first kappa shape index (κ1) is 10.4. The molecular formula is C11H16N2O2. The minimum absolute atomic E-state index is 0.0422. The van der Waals surface area contributed by atoms with E-state index in [1.165, 1.54) is 0 Å². The second-order valence-electron chi connectivity index (χ2n) is 3.62. The largest absolute Gasteiger partial charge is 0.392 e. The number of nitrogens with zero attached hydrogens (tertiary/aromatic N) is 2. The van der Waals surface area contributed by atoms with Gasteiger partial charge in [-0.15, -0.1) is 0 Å². The lowest BCUT2D eigenvalue weighted by molar-refractivity contribution is 0.152. The maximum absolute atomic E-state index is 9.22. The van der Waals surface area contributed by atoms with Crippen LogP contribution in [0.2, 0.25) is 0 Å². The highest BCUT2D eigenvalue weighted by atomic mass is 16.5. The number of aliphatic hydroxyl groups excluding tert-OH is 1. The maximum atomic E-state index is 9.22. The quantitative estimate of drug-likeness (QED) is 0.781. The molecule has 0 unspecified atom stereocenters. The van der Waals surface area contributed by atoms with E-state index in [-0.39, 0.29) is 6.61 Å². The topological polar surface area (TPSA) is 45.6 Å². The average Bonchev–Trinajstić information content (AvgIpc) is 2.57. The molecule has 0 radical (unpaired) electrons. The Morgan fingerprint density at radius 1 is 1.40 bits per heavy atom.